The molecule has 0 aliphatic rings. The Kier molecular flexibility index (Phi) is 6.05. The van der Waals surface area contributed by atoms with Crippen LogP contribution in [0.2, 0.25) is 0 Å². The first-order valence-electron chi connectivity index (χ1n) is 17.7. The lowest BCUT2D eigenvalue weighted by Crippen LogP contribution is -1.90. The zero-order valence-electron chi connectivity index (χ0n) is 27.9. The van der Waals surface area contributed by atoms with Gasteiger partial charge in [0.1, 0.15) is 0 Å². The first-order chi connectivity index (χ1) is 25.3. The molecule has 51 heavy (non-hydrogen) atoms. The number of hydrogen-bond acceptors (Lipinski definition) is 0. The highest BCUT2D eigenvalue weighted by molar-refractivity contribution is 6.16. The molecule has 11 aromatic rings. The van der Waals surface area contributed by atoms with E-state index in [1.54, 1.807) is 0 Å². The summed E-state index contributed by atoms with van der Waals surface area (Å²) in [6, 6.07) is 67.6. The van der Waals surface area contributed by atoms with E-state index in [9.17, 15) is 0 Å². The summed E-state index contributed by atoms with van der Waals surface area (Å²) < 4.78 is 4.96. The molecule has 0 saturated carbocycles. The maximum Gasteiger partial charge on any atom is 0.0547 e. The average molecular weight is 649 g/mol. The third kappa shape index (κ3) is 4.36. The van der Waals surface area contributed by atoms with Crippen molar-refractivity contribution in [1.82, 2.24) is 8.80 Å². The third-order valence-electron chi connectivity index (χ3n) is 10.8. The van der Waals surface area contributed by atoms with Crippen LogP contribution in [-0.2, 0) is 6.42 Å². The summed E-state index contributed by atoms with van der Waals surface area (Å²) in [5.74, 6) is 0. The molecule has 2 heteroatoms. The second-order valence-corrected chi connectivity index (χ2v) is 13.8. The molecule has 3 aromatic heterocycles. The largest absolute Gasteiger partial charge is 0.309 e. The fourth-order valence-electron chi connectivity index (χ4n) is 8.51. The van der Waals surface area contributed by atoms with E-state index in [4.69, 9.17) is 0 Å². The monoisotopic (exact) mass is 648 g/mol. The SMILES string of the molecule is c1ccc(Cc2ccc3c4ccc5c6ccccc6n(c6cc(-c7ccccc7)cc(c6)n6c7ccccc7c7ccc(cc76)c3c2)c5c4)cc1. The number of para-hydroxylation sites is 2. The summed E-state index contributed by atoms with van der Waals surface area (Å²) in [6.07, 6.45) is 0.887. The zero-order chi connectivity index (χ0) is 33.5. The highest BCUT2D eigenvalue weighted by Crippen LogP contribution is 2.37. The molecule has 238 valence electrons. The van der Waals surface area contributed by atoms with Crippen LogP contribution in [0.5, 0.6) is 0 Å². The van der Waals surface area contributed by atoms with Crippen LogP contribution in [-0.4, -0.2) is 8.80 Å². The van der Waals surface area contributed by atoms with Crippen molar-refractivity contribution >= 4 is 76.2 Å². The van der Waals surface area contributed by atoms with Gasteiger partial charge in [-0.2, -0.15) is 0 Å². The predicted molar refractivity (Wildman–Crippen MR) is 217 cm³/mol. The second-order valence-electron chi connectivity index (χ2n) is 13.8. The Hall–Kier alpha value is -6.64. The smallest absolute Gasteiger partial charge is 0.0547 e. The maximum atomic E-state index is 2.48. The number of benzene rings is 8. The van der Waals surface area contributed by atoms with Gasteiger partial charge in [-0.3, -0.25) is 0 Å². The van der Waals surface area contributed by atoms with Crippen molar-refractivity contribution < 1.29 is 0 Å². The van der Waals surface area contributed by atoms with Gasteiger partial charge in [0, 0.05) is 32.6 Å². The number of rotatable bonds is 3. The van der Waals surface area contributed by atoms with E-state index in [1.165, 1.54) is 87.4 Å². The molecule has 0 atom stereocenters. The molecule has 0 N–H and O–H groups in total. The van der Waals surface area contributed by atoms with Gasteiger partial charge in [0.05, 0.1) is 22.1 Å². The first-order valence-corrected chi connectivity index (χ1v) is 17.7. The van der Waals surface area contributed by atoms with Crippen LogP contribution >= 0.6 is 0 Å². The lowest BCUT2D eigenvalue weighted by atomic mass is 9.98. The van der Waals surface area contributed by atoms with Gasteiger partial charge in [-0.1, -0.05) is 140 Å². The molecule has 0 radical (unpaired) electrons. The molecule has 0 saturated heterocycles. The fraction of sp³-hybridized carbons (Fsp3) is 0.0204. The van der Waals surface area contributed by atoms with Crippen LogP contribution in [0.15, 0.2) is 182 Å². The number of aromatic nitrogens is 2. The molecule has 3 heterocycles. The van der Waals surface area contributed by atoms with Gasteiger partial charge in [-0.05, 0) is 92.7 Å². The minimum atomic E-state index is 0.887. The van der Waals surface area contributed by atoms with Crippen molar-refractivity contribution in [3.63, 3.8) is 0 Å². The van der Waals surface area contributed by atoms with Crippen LogP contribution in [0.3, 0.4) is 0 Å². The van der Waals surface area contributed by atoms with E-state index < -0.39 is 0 Å². The lowest BCUT2D eigenvalue weighted by Gasteiger charge is -2.08. The molecular formula is C49H32N2. The second kappa shape index (κ2) is 10.9. The minimum Gasteiger partial charge on any atom is -0.309 e. The number of hydrogen-bond donors (Lipinski definition) is 0. The van der Waals surface area contributed by atoms with Crippen molar-refractivity contribution in [2.75, 3.05) is 0 Å². The van der Waals surface area contributed by atoms with Crippen molar-refractivity contribution in [1.29, 1.82) is 0 Å². The Morgan fingerprint density at radius 2 is 0.804 bits per heavy atom. The zero-order valence-corrected chi connectivity index (χ0v) is 27.9. The van der Waals surface area contributed by atoms with Crippen molar-refractivity contribution in [3.05, 3.63) is 193 Å². The molecule has 2 nitrogen and oxygen atoms in total. The predicted octanol–water partition coefficient (Wildman–Crippen LogP) is 12.9. The molecule has 11 rings (SSSR count). The number of nitrogens with zero attached hydrogens (tertiary/aromatic N) is 2. The van der Waals surface area contributed by atoms with Gasteiger partial charge in [-0.15, -0.1) is 0 Å². The van der Waals surface area contributed by atoms with Crippen LogP contribution in [0.1, 0.15) is 11.1 Å². The van der Waals surface area contributed by atoms with Crippen molar-refractivity contribution in [3.8, 4) is 11.1 Å². The summed E-state index contributed by atoms with van der Waals surface area (Å²) in [6.45, 7) is 0. The summed E-state index contributed by atoms with van der Waals surface area (Å²) in [5.41, 5.74) is 12.1. The first kappa shape index (κ1) is 28.2. The molecule has 6 bridgehead atoms. The van der Waals surface area contributed by atoms with Crippen molar-refractivity contribution in [2.24, 2.45) is 0 Å². The van der Waals surface area contributed by atoms with Crippen LogP contribution in [0.25, 0.3) is 87.3 Å². The summed E-state index contributed by atoms with van der Waals surface area (Å²) in [4.78, 5) is 0. The van der Waals surface area contributed by atoms with Crippen LogP contribution in [0.4, 0.5) is 0 Å². The van der Waals surface area contributed by atoms with E-state index in [1.807, 2.05) is 0 Å². The summed E-state index contributed by atoms with van der Waals surface area (Å²) >= 11 is 0. The standard InChI is InChI=1S/C49H32N2/c1-3-11-32(12-4-1)25-33-19-22-40-35-20-23-43-41-15-7-9-17-46(41)50(48(43)29-35)38-27-37(34-13-5-2-6-14-34)28-39(31-38)51-47-18-10-8-16-42(47)44-24-21-36(30-49(44)51)45(40)26-33/h1-24,26-31H,25H2. The Morgan fingerprint density at radius 3 is 1.43 bits per heavy atom. The quantitative estimate of drug-likeness (QED) is 0.180. The Morgan fingerprint density at radius 1 is 0.294 bits per heavy atom. The molecule has 0 amide bonds. The van der Waals surface area contributed by atoms with E-state index in [-0.39, 0.29) is 0 Å². The van der Waals surface area contributed by atoms with Crippen molar-refractivity contribution in [2.45, 2.75) is 6.42 Å². The van der Waals surface area contributed by atoms with Crippen LogP contribution in [0, 0.1) is 0 Å². The molecular weight excluding hydrogens is 617 g/mol. The van der Waals surface area contributed by atoms with Gasteiger partial charge < -0.3 is 8.80 Å². The third-order valence-corrected chi connectivity index (χ3v) is 10.8. The van der Waals surface area contributed by atoms with Gasteiger partial charge in [0.25, 0.3) is 0 Å². The van der Waals surface area contributed by atoms with Crippen LogP contribution < -0.4 is 0 Å². The normalized spacial score (nSPS) is 12.0. The molecule has 0 aliphatic heterocycles. The Bertz CT molecular complexity index is 3200. The topological polar surface area (TPSA) is 8.82 Å². The highest BCUT2D eigenvalue weighted by atomic mass is 14.9. The van der Waals surface area contributed by atoms with Gasteiger partial charge in [0.15, 0.2) is 0 Å². The van der Waals surface area contributed by atoms with E-state index in [2.05, 4.69) is 191 Å². The lowest BCUT2D eigenvalue weighted by molar-refractivity contribution is 1.20. The fourth-order valence-corrected chi connectivity index (χ4v) is 8.51. The highest BCUT2D eigenvalue weighted by Gasteiger charge is 2.14. The van der Waals surface area contributed by atoms with Gasteiger partial charge in [-0.25, -0.2) is 0 Å². The molecule has 0 fully saturated rings. The number of fused-ring (bicyclic) bond motifs is 15. The minimum absolute atomic E-state index is 0.887. The molecule has 0 spiro atoms. The Labute approximate surface area is 294 Å². The summed E-state index contributed by atoms with van der Waals surface area (Å²) in [7, 11) is 0. The average Bonchev–Trinajstić information content (AvgIpc) is 3.70. The van der Waals surface area contributed by atoms with E-state index >= 15 is 0 Å². The molecule has 0 unspecified atom stereocenters. The molecule has 0 aliphatic carbocycles. The summed E-state index contributed by atoms with van der Waals surface area (Å²) in [5, 5.41) is 9.95. The van der Waals surface area contributed by atoms with E-state index in [0.29, 0.717) is 0 Å². The molecule has 8 aromatic carbocycles. The Balaban J connectivity index is 1.41. The maximum absolute atomic E-state index is 2.48. The van der Waals surface area contributed by atoms with Gasteiger partial charge >= 0.3 is 0 Å². The van der Waals surface area contributed by atoms with E-state index in [0.717, 1.165) is 17.5 Å². The van der Waals surface area contributed by atoms with Gasteiger partial charge in [0.2, 0.25) is 0 Å².